The van der Waals surface area contributed by atoms with Crippen molar-refractivity contribution in [1.82, 2.24) is 29.1 Å². The van der Waals surface area contributed by atoms with E-state index in [1.165, 1.54) is 22.9 Å². The molecule has 0 amide bonds. The molecule has 172 valence electrons. The van der Waals surface area contributed by atoms with Crippen LogP contribution in [-0.2, 0) is 4.74 Å². The van der Waals surface area contributed by atoms with E-state index in [1.54, 1.807) is 22.9 Å². The second kappa shape index (κ2) is 8.57. The van der Waals surface area contributed by atoms with Crippen LogP contribution in [0.1, 0.15) is 24.6 Å². The molecule has 5 rings (SSSR count). The number of halogens is 2. The molecule has 13 heteroatoms. The summed E-state index contributed by atoms with van der Waals surface area (Å²) >= 11 is 13.1. The molecule has 0 unspecified atom stereocenters. The van der Waals surface area contributed by atoms with Gasteiger partial charge in [-0.1, -0.05) is 23.2 Å². The number of hydrogen-bond acceptors (Lipinski definition) is 7. The van der Waals surface area contributed by atoms with Crippen LogP contribution in [0.15, 0.2) is 44.8 Å². The SMILES string of the molecule is N#Cc1nn(-c2cc(Cl)c(-n3ncc4c3ccc(=O)n4C3CCOCC3)c(Cl)c2)c(=O)[nH]c1=O. The molecule has 4 aromatic rings. The number of nitrogens with one attached hydrogen (secondary N) is 1. The van der Waals surface area contributed by atoms with Gasteiger partial charge in [0.25, 0.3) is 11.1 Å². The Morgan fingerprint density at radius 1 is 1.06 bits per heavy atom. The minimum Gasteiger partial charge on any atom is -0.381 e. The van der Waals surface area contributed by atoms with Crippen LogP contribution in [0.2, 0.25) is 10.0 Å². The number of nitrogens with zero attached hydrogens (tertiary/aromatic N) is 6. The normalized spacial score (nSPS) is 14.4. The Labute approximate surface area is 200 Å². The standard InChI is InChI=1S/C21H15Cl2N7O4/c22-13-7-12(29-21(33)26-20(32)15(9-24)27-29)8-14(23)19(13)30-16-1-2-18(31)28(17(16)10-25-30)11-3-5-34-6-4-11/h1-2,7-8,10-11H,3-6H2,(H,26,32,33). The lowest BCUT2D eigenvalue weighted by molar-refractivity contribution is 0.0698. The molecule has 1 N–H and O–H groups in total. The molecule has 0 spiro atoms. The Morgan fingerprint density at radius 3 is 2.44 bits per heavy atom. The summed E-state index contributed by atoms with van der Waals surface area (Å²) in [5.74, 6) is 0. The molecule has 1 fully saturated rings. The monoisotopic (exact) mass is 499 g/mol. The maximum atomic E-state index is 12.7. The first-order chi connectivity index (χ1) is 16.4. The molecule has 0 aliphatic carbocycles. The maximum Gasteiger partial charge on any atom is 0.349 e. The van der Waals surface area contributed by atoms with Gasteiger partial charge in [-0.05, 0) is 31.0 Å². The summed E-state index contributed by atoms with van der Waals surface area (Å²) < 4.78 is 9.47. The van der Waals surface area contributed by atoms with Gasteiger partial charge in [-0.15, -0.1) is 5.10 Å². The second-order valence-electron chi connectivity index (χ2n) is 7.60. The van der Waals surface area contributed by atoms with Crippen molar-refractivity contribution in [3.05, 3.63) is 77.4 Å². The Bertz CT molecular complexity index is 1630. The van der Waals surface area contributed by atoms with E-state index < -0.39 is 16.9 Å². The quantitative estimate of drug-likeness (QED) is 0.453. The molecule has 1 aliphatic heterocycles. The molecule has 1 aliphatic rings. The fraction of sp³-hybridized carbons (Fsp3) is 0.238. The summed E-state index contributed by atoms with van der Waals surface area (Å²) in [5, 5.41) is 17.5. The minimum atomic E-state index is -0.892. The lowest BCUT2D eigenvalue weighted by Crippen LogP contribution is -2.33. The van der Waals surface area contributed by atoms with Crippen LogP contribution in [-0.4, -0.2) is 42.3 Å². The molecule has 4 heterocycles. The minimum absolute atomic E-state index is 0.0107. The number of rotatable bonds is 3. The number of pyridine rings is 1. The van der Waals surface area contributed by atoms with Crippen LogP contribution in [0.4, 0.5) is 0 Å². The van der Waals surface area contributed by atoms with Gasteiger partial charge in [-0.25, -0.2) is 9.48 Å². The molecule has 0 saturated carbocycles. The van der Waals surface area contributed by atoms with E-state index >= 15 is 0 Å². The van der Waals surface area contributed by atoms with Crippen molar-refractivity contribution in [3.8, 4) is 17.4 Å². The van der Waals surface area contributed by atoms with Crippen molar-refractivity contribution >= 4 is 34.2 Å². The van der Waals surface area contributed by atoms with E-state index in [0.29, 0.717) is 42.8 Å². The fourth-order valence-corrected chi connectivity index (χ4v) is 4.70. The highest BCUT2D eigenvalue weighted by atomic mass is 35.5. The maximum absolute atomic E-state index is 12.7. The van der Waals surface area contributed by atoms with Crippen LogP contribution >= 0.6 is 23.2 Å². The zero-order chi connectivity index (χ0) is 24.0. The Balaban J connectivity index is 1.66. The summed E-state index contributed by atoms with van der Waals surface area (Å²) in [6.07, 6.45) is 3.01. The van der Waals surface area contributed by atoms with E-state index in [1.807, 2.05) is 4.98 Å². The van der Waals surface area contributed by atoms with Gasteiger partial charge in [0.2, 0.25) is 5.69 Å². The third kappa shape index (κ3) is 3.62. The van der Waals surface area contributed by atoms with Crippen molar-refractivity contribution < 1.29 is 4.74 Å². The summed E-state index contributed by atoms with van der Waals surface area (Å²) in [5.41, 5.74) is -0.640. The zero-order valence-corrected chi connectivity index (χ0v) is 18.9. The molecule has 11 nitrogen and oxygen atoms in total. The first kappa shape index (κ1) is 22.1. The van der Waals surface area contributed by atoms with Crippen LogP contribution in [0.3, 0.4) is 0 Å². The van der Waals surface area contributed by atoms with E-state index in [0.717, 1.165) is 4.68 Å². The van der Waals surface area contributed by atoms with Crippen LogP contribution in [0, 0.1) is 11.3 Å². The van der Waals surface area contributed by atoms with Crippen molar-refractivity contribution in [2.24, 2.45) is 0 Å². The van der Waals surface area contributed by atoms with Crippen molar-refractivity contribution in [2.75, 3.05) is 13.2 Å². The van der Waals surface area contributed by atoms with Gasteiger partial charge in [-0.2, -0.15) is 15.0 Å². The van der Waals surface area contributed by atoms with Crippen molar-refractivity contribution in [1.29, 1.82) is 5.26 Å². The Kier molecular flexibility index (Phi) is 5.57. The average molecular weight is 500 g/mol. The number of benzene rings is 1. The molecule has 0 radical (unpaired) electrons. The predicted octanol–water partition coefficient (Wildman–Crippen LogP) is 1.95. The zero-order valence-electron chi connectivity index (χ0n) is 17.4. The largest absolute Gasteiger partial charge is 0.381 e. The lowest BCUT2D eigenvalue weighted by atomic mass is 10.1. The second-order valence-corrected chi connectivity index (χ2v) is 8.42. The van der Waals surface area contributed by atoms with Gasteiger partial charge in [0.1, 0.15) is 11.8 Å². The van der Waals surface area contributed by atoms with Gasteiger partial charge in [0.15, 0.2) is 0 Å². The van der Waals surface area contributed by atoms with E-state index in [-0.39, 0.29) is 27.3 Å². The van der Waals surface area contributed by atoms with Crippen molar-refractivity contribution in [3.63, 3.8) is 0 Å². The van der Waals surface area contributed by atoms with Crippen LogP contribution < -0.4 is 16.8 Å². The van der Waals surface area contributed by atoms with Gasteiger partial charge in [0.05, 0.1) is 33.0 Å². The number of nitriles is 1. The summed E-state index contributed by atoms with van der Waals surface area (Å²) in [6, 6.07) is 7.56. The summed E-state index contributed by atoms with van der Waals surface area (Å²) in [6.45, 7) is 1.15. The number of aromatic nitrogens is 6. The Morgan fingerprint density at radius 2 is 1.76 bits per heavy atom. The molecule has 1 saturated heterocycles. The van der Waals surface area contributed by atoms with Gasteiger partial charge in [0, 0.05) is 25.3 Å². The predicted molar refractivity (Wildman–Crippen MR) is 123 cm³/mol. The van der Waals surface area contributed by atoms with Gasteiger partial charge in [-0.3, -0.25) is 14.6 Å². The third-order valence-corrected chi connectivity index (χ3v) is 6.19. The summed E-state index contributed by atoms with van der Waals surface area (Å²) in [7, 11) is 0. The topological polar surface area (TPSA) is 141 Å². The highest BCUT2D eigenvalue weighted by Crippen LogP contribution is 2.33. The number of ether oxygens (including phenoxy) is 1. The molecule has 3 aromatic heterocycles. The first-order valence-corrected chi connectivity index (χ1v) is 10.9. The molecule has 0 bridgehead atoms. The van der Waals surface area contributed by atoms with Gasteiger partial charge < -0.3 is 9.30 Å². The molecule has 34 heavy (non-hydrogen) atoms. The highest BCUT2D eigenvalue weighted by molar-refractivity contribution is 6.38. The van der Waals surface area contributed by atoms with E-state index in [4.69, 9.17) is 33.2 Å². The van der Waals surface area contributed by atoms with E-state index in [9.17, 15) is 14.4 Å². The molecular formula is C21H15Cl2N7O4. The van der Waals surface area contributed by atoms with Crippen LogP contribution in [0.25, 0.3) is 22.4 Å². The smallest absolute Gasteiger partial charge is 0.349 e. The average Bonchev–Trinajstić information content (AvgIpc) is 3.22. The highest BCUT2D eigenvalue weighted by Gasteiger charge is 2.22. The molecule has 0 atom stereocenters. The lowest BCUT2D eigenvalue weighted by Gasteiger charge is -2.24. The summed E-state index contributed by atoms with van der Waals surface area (Å²) in [4.78, 5) is 38.6. The molecule has 1 aromatic carbocycles. The third-order valence-electron chi connectivity index (χ3n) is 5.61. The number of hydrogen-bond donors (Lipinski definition) is 1. The Hall–Kier alpha value is -3.72. The first-order valence-electron chi connectivity index (χ1n) is 10.2. The number of H-pyrrole nitrogens is 1. The number of aromatic amines is 1. The van der Waals surface area contributed by atoms with Gasteiger partial charge >= 0.3 is 5.69 Å². The molecular weight excluding hydrogens is 485 g/mol. The number of fused-ring (bicyclic) bond motifs is 1. The van der Waals surface area contributed by atoms with E-state index in [2.05, 4.69) is 10.2 Å². The fourth-order valence-electron chi connectivity index (χ4n) is 4.06. The van der Waals surface area contributed by atoms with Crippen LogP contribution in [0.5, 0.6) is 0 Å². The van der Waals surface area contributed by atoms with Crippen molar-refractivity contribution in [2.45, 2.75) is 18.9 Å².